The summed E-state index contributed by atoms with van der Waals surface area (Å²) in [6.45, 7) is 0. The first kappa shape index (κ1) is 6.22. The third kappa shape index (κ3) is 1.32. The quantitative estimate of drug-likeness (QED) is 0.654. The zero-order chi connectivity index (χ0) is 7.52. The molecule has 0 fully saturated rings. The van der Waals surface area contributed by atoms with Crippen molar-refractivity contribution in [1.29, 1.82) is 0 Å². The fraction of sp³-hybridized carbons (Fsp3) is 0.125. The molecule has 0 aliphatic rings. The smallest absolute Gasteiger partial charge is 0.144 e. The molecule has 0 atom stereocenters. The van der Waals surface area contributed by atoms with Gasteiger partial charge in [-0.05, 0) is 12.1 Å². The number of furan rings is 1. The minimum absolute atomic E-state index is 0.674. The van der Waals surface area contributed by atoms with Crippen molar-refractivity contribution >= 4 is 0 Å². The normalized spacial score (nSPS) is 10.2. The summed E-state index contributed by atoms with van der Waals surface area (Å²) in [7, 11) is 0. The van der Waals surface area contributed by atoms with E-state index in [1.807, 2.05) is 18.2 Å². The average molecular weight is 149 g/mol. The molecule has 0 bridgehead atoms. The van der Waals surface area contributed by atoms with Gasteiger partial charge in [0.1, 0.15) is 11.5 Å². The maximum atomic E-state index is 5.12. The van der Waals surface area contributed by atoms with Crippen molar-refractivity contribution in [2.24, 2.45) is 0 Å². The first-order chi connectivity index (χ1) is 5.45. The molecule has 11 heavy (non-hydrogen) atoms. The molecule has 0 spiro atoms. The first-order valence-electron chi connectivity index (χ1n) is 3.37. The second kappa shape index (κ2) is 2.62. The molecule has 3 nitrogen and oxygen atoms in total. The maximum absolute atomic E-state index is 5.12. The third-order valence-corrected chi connectivity index (χ3v) is 1.42. The molecule has 56 valence electrons. The Bertz CT molecular complexity index is 264. The molecular weight excluding hydrogens is 142 g/mol. The van der Waals surface area contributed by atoms with Crippen LogP contribution in [0.5, 0.6) is 0 Å². The monoisotopic (exact) mass is 149 g/mol. The summed E-state index contributed by atoms with van der Waals surface area (Å²) in [5.74, 6) is 1.71. The van der Waals surface area contributed by atoms with E-state index < -0.39 is 0 Å². The summed E-state index contributed by atoms with van der Waals surface area (Å²) in [5.41, 5.74) is 0. The van der Waals surface area contributed by atoms with Crippen LogP contribution in [0, 0.1) is 0 Å². The van der Waals surface area contributed by atoms with Crippen molar-refractivity contribution in [3.8, 4) is 0 Å². The number of hydrogen-bond donors (Lipinski definition) is 0. The van der Waals surface area contributed by atoms with Crippen LogP contribution in [0.2, 0.25) is 0 Å². The van der Waals surface area contributed by atoms with Crippen molar-refractivity contribution in [3.05, 3.63) is 42.2 Å². The average Bonchev–Trinajstić information content (AvgIpc) is 2.60. The van der Waals surface area contributed by atoms with Crippen LogP contribution in [0.3, 0.4) is 0 Å². The van der Waals surface area contributed by atoms with Gasteiger partial charge in [-0.25, -0.2) is 0 Å². The van der Waals surface area contributed by atoms with E-state index in [9.17, 15) is 0 Å². The van der Waals surface area contributed by atoms with Gasteiger partial charge in [-0.3, -0.25) is 0 Å². The molecule has 0 aromatic carbocycles. The predicted molar refractivity (Wildman–Crippen MR) is 38.0 cm³/mol. The molecular formula is C8H7NO2. The summed E-state index contributed by atoms with van der Waals surface area (Å²) in [6.07, 6.45) is 3.94. The first-order valence-corrected chi connectivity index (χ1v) is 3.37. The molecule has 0 aliphatic carbocycles. The Kier molecular flexibility index (Phi) is 1.48. The van der Waals surface area contributed by atoms with Crippen molar-refractivity contribution in [1.82, 2.24) is 5.16 Å². The Balaban J connectivity index is 2.14. The zero-order valence-electron chi connectivity index (χ0n) is 5.86. The second-order valence-electron chi connectivity index (χ2n) is 2.23. The fourth-order valence-electron chi connectivity index (χ4n) is 0.918. The Hall–Kier alpha value is -1.51. The van der Waals surface area contributed by atoms with E-state index >= 15 is 0 Å². The van der Waals surface area contributed by atoms with Gasteiger partial charge in [0.15, 0.2) is 0 Å². The lowest BCUT2D eigenvalue weighted by Crippen LogP contribution is -1.80. The van der Waals surface area contributed by atoms with Crippen LogP contribution in [0.15, 0.2) is 39.6 Å². The molecule has 3 heteroatoms. The zero-order valence-corrected chi connectivity index (χ0v) is 5.86. The molecule has 2 aromatic heterocycles. The summed E-state index contributed by atoms with van der Waals surface area (Å²) in [4.78, 5) is 0. The van der Waals surface area contributed by atoms with Crippen molar-refractivity contribution in [3.63, 3.8) is 0 Å². The van der Waals surface area contributed by atoms with E-state index in [2.05, 4.69) is 5.16 Å². The Morgan fingerprint density at radius 2 is 2.27 bits per heavy atom. The maximum Gasteiger partial charge on any atom is 0.144 e. The van der Waals surface area contributed by atoms with Crippen molar-refractivity contribution in [2.45, 2.75) is 6.42 Å². The van der Waals surface area contributed by atoms with Crippen molar-refractivity contribution in [2.75, 3.05) is 0 Å². The summed E-state index contributed by atoms with van der Waals surface area (Å²) >= 11 is 0. The van der Waals surface area contributed by atoms with Gasteiger partial charge in [0.25, 0.3) is 0 Å². The highest BCUT2D eigenvalue weighted by Gasteiger charge is 2.00. The molecule has 0 N–H and O–H groups in total. The van der Waals surface area contributed by atoms with Crippen LogP contribution in [0.25, 0.3) is 0 Å². The van der Waals surface area contributed by atoms with E-state index in [4.69, 9.17) is 8.94 Å². The van der Waals surface area contributed by atoms with Crippen molar-refractivity contribution < 1.29 is 8.94 Å². The van der Waals surface area contributed by atoms with E-state index in [1.165, 1.54) is 0 Å². The van der Waals surface area contributed by atoms with Gasteiger partial charge in [0, 0.05) is 6.07 Å². The number of hydrogen-bond acceptors (Lipinski definition) is 3. The SMILES string of the molecule is c1coc(Cc2ccno2)c1. The Morgan fingerprint density at radius 3 is 2.91 bits per heavy atom. The highest BCUT2D eigenvalue weighted by atomic mass is 16.5. The van der Waals surface area contributed by atoms with Crippen LogP contribution in [0.1, 0.15) is 11.5 Å². The van der Waals surface area contributed by atoms with E-state index in [-0.39, 0.29) is 0 Å². The lowest BCUT2D eigenvalue weighted by Gasteiger charge is -1.87. The van der Waals surface area contributed by atoms with E-state index in [0.717, 1.165) is 11.5 Å². The van der Waals surface area contributed by atoms with Crippen LogP contribution >= 0.6 is 0 Å². The second-order valence-corrected chi connectivity index (χ2v) is 2.23. The molecule has 2 rings (SSSR count). The molecule has 2 heterocycles. The molecule has 0 amide bonds. The van der Waals surface area contributed by atoms with Crippen LogP contribution in [-0.2, 0) is 6.42 Å². The van der Waals surface area contributed by atoms with Gasteiger partial charge in [-0.15, -0.1) is 0 Å². The van der Waals surface area contributed by atoms with Crippen LogP contribution in [-0.4, -0.2) is 5.16 Å². The van der Waals surface area contributed by atoms with E-state index in [0.29, 0.717) is 6.42 Å². The summed E-state index contributed by atoms with van der Waals surface area (Å²) in [6, 6.07) is 5.58. The molecule has 0 aliphatic heterocycles. The Labute approximate surface area is 63.6 Å². The molecule has 0 radical (unpaired) electrons. The highest BCUT2D eigenvalue weighted by molar-refractivity contribution is 5.07. The van der Waals surface area contributed by atoms with Gasteiger partial charge in [0.05, 0.1) is 18.9 Å². The van der Waals surface area contributed by atoms with Crippen LogP contribution in [0.4, 0.5) is 0 Å². The summed E-state index contributed by atoms with van der Waals surface area (Å²) in [5, 5.41) is 3.59. The minimum Gasteiger partial charge on any atom is -0.469 e. The topological polar surface area (TPSA) is 39.2 Å². The number of rotatable bonds is 2. The standard InChI is InChI=1S/C8H7NO2/c1-2-7(10-5-1)6-8-3-4-9-11-8/h1-5H,6H2. The lowest BCUT2D eigenvalue weighted by atomic mass is 10.3. The van der Waals surface area contributed by atoms with Gasteiger partial charge in [-0.2, -0.15) is 0 Å². The number of nitrogens with zero attached hydrogens (tertiary/aromatic N) is 1. The fourth-order valence-corrected chi connectivity index (χ4v) is 0.918. The number of aromatic nitrogens is 1. The predicted octanol–water partition coefficient (Wildman–Crippen LogP) is 1.86. The minimum atomic E-state index is 0.674. The molecule has 0 saturated carbocycles. The molecule has 0 unspecified atom stereocenters. The highest BCUT2D eigenvalue weighted by Crippen LogP contribution is 2.07. The molecule has 0 saturated heterocycles. The van der Waals surface area contributed by atoms with Gasteiger partial charge in [0.2, 0.25) is 0 Å². The Morgan fingerprint density at radius 1 is 1.27 bits per heavy atom. The largest absolute Gasteiger partial charge is 0.469 e. The van der Waals surface area contributed by atoms with Crippen LogP contribution < -0.4 is 0 Å². The molecule has 2 aromatic rings. The van der Waals surface area contributed by atoms with E-state index in [1.54, 1.807) is 12.5 Å². The van der Waals surface area contributed by atoms with Gasteiger partial charge in [-0.1, -0.05) is 5.16 Å². The lowest BCUT2D eigenvalue weighted by molar-refractivity contribution is 0.380. The third-order valence-electron chi connectivity index (χ3n) is 1.42. The van der Waals surface area contributed by atoms with Gasteiger partial charge < -0.3 is 8.94 Å². The van der Waals surface area contributed by atoms with Gasteiger partial charge >= 0.3 is 0 Å². The summed E-state index contributed by atoms with van der Waals surface area (Å²) < 4.78 is 10.0.